The number of rotatable bonds is 38. The van der Waals surface area contributed by atoms with Crippen LogP contribution in [-0.4, -0.2) is 122 Å². The highest BCUT2D eigenvalue weighted by atomic mass is 19.4. The Morgan fingerprint density at radius 1 is 0.414 bits per heavy atom. The van der Waals surface area contributed by atoms with Gasteiger partial charge in [-0.25, -0.2) is 18.0 Å². The van der Waals surface area contributed by atoms with Gasteiger partial charge in [0.15, 0.2) is 16.9 Å². The normalized spacial score (nSPS) is 12.3. The first-order chi connectivity index (χ1) is 49.2. The molecule has 0 amide bonds. The molecule has 0 saturated carbocycles. The van der Waals surface area contributed by atoms with Gasteiger partial charge in [-0.15, -0.1) is 0 Å². The van der Waals surface area contributed by atoms with Gasteiger partial charge in [-0.3, -0.25) is 9.59 Å². The molecule has 24 heteroatoms. The van der Waals surface area contributed by atoms with E-state index in [1.807, 2.05) is 79.7 Å². The highest BCUT2D eigenvalue weighted by Crippen LogP contribution is 2.43. The second-order valence-electron chi connectivity index (χ2n) is 27.9. The van der Waals surface area contributed by atoms with Gasteiger partial charge >= 0.3 is 24.1 Å². The summed E-state index contributed by atoms with van der Waals surface area (Å²) in [6.45, 7) is 37.4. The van der Waals surface area contributed by atoms with Crippen molar-refractivity contribution < 1.29 is 112 Å². The van der Waals surface area contributed by atoms with Gasteiger partial charge < -0.3 is 71.1 Å². The summed E-state index contributed by atoms with van der Waals surface area (Å²) in [6.07, 6.45) is -3.35. The molecule has 5 aromatic carbocycles. The highest BCUT2D eigenvalue weighted by molar-refractivity contribution is 5.80. The lowest BCUT2D eigenvalue weighted by molar-refractivity contribution is -0.231. The van der Waals surface area contributed by atoms with Gasteiger partial charge in [0.2, 0.25) is 11.4 Å². The van der Waals surface area contributed by atoms with Crippen LogP contribution in [0.1, 0.15) is 244 Å². The molecule has 18 nitrogen and oxygen atoms in total. The lowest BCUT2D eigenvalue weighted by atomic mass is 9.87. The van der Waals surface area contributed by atoms with Crippen LogP contribution in [0.25, 0.3) is 0 Å². The summed E-state index contributed by atoms with van der Waals surface area (Å²) in [5.74, 6) is 0.00973. The highest BCUT2D eigenvalue weighted by Gasteiger charge is 2.56. The van der Waals surface area contributed by atoms with Crippen LogP contribution in [0.2, 0.25) is 0 Å². The molecule has 0 fully saturated rings. The van der Waals surface area contributed by atoms with Gasteiger partial charge in [-0.1, -0.05) is 127 Å². The van der Waals surface area contributed by atoms with Crippen molar-refractivity contribution >= 4 is 17.9 Å². The maximum absolute atomic E-state index is 14.0. The first-order valence-electron chi connectivity index (χ1n) is 35.5. The fraction of sp³-hybridized carbons (Fsp3) is 0.621. The average molecular weight is 1590 g/mol. The molecule has 0 aliphatic heterocycles. The van der Waals surface area contributed by atoms with E-state index in [9.17, 15) is 40.7 Å². The Kier molecular flexibility index (Phi) is 55.0. The topological polar surface area (TPSA) is 190 Å². The zero-order chi connectivity index (χ0) is 79.5. The van der Waals surface area contributed by atoms with E-state index in [1.165, 1.54) is 63.5 Å². The fourth-order valence-corrected chi connectivity index (χ4v) is 9.45. The zero-order valence-corrected chi connectivity index (χ0v) is 66.3. The van der Waals surface area contributed by atoms with E-state index in [0.29, 0.717) is 82.1 Å². The Bertz CT molecular complexity index is 3310. The third-order valence-electron chi connectivity index (χ3n) is 16.4. The van der Waals surface area contributed by atoms with Crippen LogP contribution in [-0.2, 0) is 91.9 Å². The molecule has 0 bridgehead atoms. The number of esters is 3. The van der Waals surface area contributed by atoms with Crippen molar-refractivity contribution in [1.29, 1.82) is 0 Å². The van der Waals surface area contributed by atoms with Gasteiger partial charge in [0.05, 0.1) is 69.5 Å². The minimum Gasteiger partial charge on any atom is -0.490 e. The summed E-state index contributed by atoms with van der Waals surface area (Å²) in [5, 5.41) is 0. The second kappa shape index (κ2) is 54.4. The van der Waals surface area contributed by atoms with Crippen molar-refractivity contribution in [3.63, 3.8) is 0 Å². The van der Waals surface area contributed by atoms with E-state index in [2.05, 4.69) is 45.0 Å². The average Bonchev–Trinajstić information content (AvgIpc) is 0.837. The van der Waals surface area contributed by atoms with Crippen molar-refractivity contribution in [1.82, 2.24) is 0 Å². The number of hydrogen-bond acceptors (Lipinski definition) is 18. The SMILES string of the molecule is C.C.C.C.C.C.CCC(C)(C(=O)OCCOc1c(COC)cc(F)cc1COC)C(F)(F)F.CCC(C)(F)C(=O)OCCOc1c(COC(C)(C)C)cc(C)cc1COC(C)(C)C.CCC(C)c1cccc(OCCOc2c(COC)cc(C)cc2COC)c1.CCOc1cc(F)cc(OCC)c1OC(=O)C(C)(C)CC. The van der Waals surface area contributed by atoms with Crippen molar-refractivity contribution in [3.05, 3.63) is 135 Å². The van der Waals surface area contributed by atoms with Crippen LogP contribution >= 0.6 is 0 Å². The van der Waals surface area contributed by atoms with Crippen LogP contribution in [0.4, 0.5) is 26.3 Å². The lowest BCUT2D eigenvalue weighted by Crippen LogP contribution is -2.43. The van der Waals surface area contributed by atoms with E-state index in [1.54, 1.807) is 48.8 Å². The maximum atomic E-state index is 14.0. The minimum absolute atomic E-state index is 0. The molecule has 0 aliphatic carbocycles. The molecule has 0 aliphatic rings. The van der Waals surface area contributed by atoms with Crippen LogP contribution < -0.4 is 33.2 Å². The number of alkyl halides is 4. The molecule has 5 rings (SSSR count). The van der Waals surface area contributed by atoms with Crippen LogP contribution in [0.5, 0.6) is 40.2 Å². The molecule has 0 N–H and O–H groups in total. The monoisotopic (exact) mass is 1590 g/mol. The quantitative estimate of drug-likeness (QED) is 0.0157. The largest absolute Gasteiger partial charge is 0.490 e. The molecule has 5 aromatic rings. The van der Waals surface area contributed by atoms with Gasteiger partial charge in [-0.05, 0) is 158 Å². The Morgan fingerprint density at radius 3 is 1.12 bits per heavy atom. The predicted octanol–water partition coefficient (Wildman–Crippen LogP) is 22.7. The smallest absolute Gasteiger partial charge is 0.404 e. The second-order valence-corrected chi connectivity index (χ2v) is 27.9. The van der Waals surface area contributed by atoms with E-state index < -0.39 is 58.6 Å². The van der Waals surface area contributed by atoms with Gasteiger partial charge in [0.25, 0.3) is 0 Å². The number of carbonyl (C=O) groups excluding carboxylic acids is 3. The van der Waals surface area contributed by atoms with Gasteiger partial charge in [0, 0.05) is 74.0 Å². The van der Waals surface area contributed by atoms with Crippen LogP contribution in [0.3, 0.4) is 0 Å². The van der Waals surface area contributed by atoms with E-state index in [-0.39, 0.29) is 125 Å². The first kappa shape index (κ1) is 112. The van der Waals surface area contributed by atoms with Crippen molar-refractivity contribution in [2.24, 2.45) is 10.8 Å². The molecule has 0 aromatic heterocycles. The summed E-state index contributed by atoms with van der Waals surface area (Å²) in [7, 11) is 6.23. The molecule has 0 radical (unpaired) electrons. The van der Waals surface area contributed by atoms with E-state index in [0.717, 1.165) is 52.7 Å². The van der Waals surface area contributed by atoms with Crippen molar-refractivity contribution in [2.75, 3.05) is 81.3 Å². The summed E-state index contributed by atoms with van der Waals surface area (Å²) < 4.78 is 162. The number of ether oxygens (including phenoxy) is 15. The van der Waals surface area contributed by atoms with Gasteiger partial charge in [0.1, 0.15) is 74.3 Å². The molecule has 111 heavy (non-hydrogen) atoms. The zero-order valence-electron chi connectivity index (χ0n) is 66.3. The standard InChI is InChI=1S/C24H39FO5.C23H32O4.C18H24F4O5.C16H23FO4.6CH4/c1-10-24(9,25)21(26)28-12-11-27-20-18(15-29-22(3,4)5)13-17(2)14-19(20)16-30-23(6,7)8;1-6-18(3)19-8-7-9-22(14-19)26-10-11-27-23-20(15-24-4)12-17(2)13-21(23)16-25-5;1-5-17(2,18(20,21)22)16(23)27-7-6-26-15-12(10-24-3)8-14(19)9-13(15)11-25-4;1-6-16(4,5)15(18)21-14-12(19-7-2)9-11(17)10-13(14)20-8-3;;;;;;/h13-14H,10-12,15-16H2,1-9H3;7-9,12-14,18H,6,10-11,15-16H2,1-5H3;8-9H,5-7,10-11H2,1-4H3;9-10H,6-8H2,1-5H3;6*1H4. The molecule has 3 unspecified atom stereocenters. The lowest BCUT2D eigenvalue weighted by Gasteiger charge is -2.28. The Labute approximate surface area is 664 Å². The van der Waals surface area contributed by atoms with Crippen LogP contribution in [0, 0.1) is 36.3 Å². The number of benzene rings is 5. The third-order valence-corrected chi connectivity index (χ3v) is 16.4. The number of halogens is 6. The molecule has 0 saturated heterocycles. The minimum atomic E-state index is -4.71. The summed E-state index contributed by atoms with van der Waals surface area (Å²) in [6, 6.07) is 21.3. The first-order valence-corrected chi connectivity index (χ1v) is 35.5. The Hall–Kier alpha value is -7.35. The van der Waals surface area contributed by atoms with Crippen LogP contribution in [0.15, 0.2) is 72.8 Å². The molecule has 0 spiro atoms. The third kappa shape index (κ3) is 38.8. The predicted molar refractivity (Wildman–Crippen MR) is 433 cm³/mol. The fourth-order valence-electron chi connectivity index (χ4n) is 9.45. The molecular weight excluding hydrogens is 1450 g/mol. The van der Waals surface area contributed by atoms with Crippen molar-refractivity contribution in [3.8, 4) is 40.2 Å². The van der Waals surface area contributed by atoms with Crippen molar-refractivity contribution in [2.45, 2.75) is 270 Å². The summed E-state index contributed by atoms with van der Waals surface area (Å²) in [4.78, 5) is 35.9. The van der Waals surface area contributed by atoms with E-state index in [4.69, 9.17) is 71.1 Å². The maximum Gasteiger partial charge on any atom is 0.404 e. The summed E-state index contributed by atoms with van der Waals surface area (Å²) in [5.41, 5.74) is 2.41. The Balaban J connectivity index is -0.000000445. The van der Waals surface area contributed by atoms with E-state index >= 15 is 0 Å². The molecule has 3 atom stereocenters. The summed E-state index contributed by atoms with van der Waals surface area (Å²) >= 11 is 0. The number of carbonyl (C=O) groups is 3. The molecular formula is C87H142F6O18. The number of aryl methyl sites for hydroxylation is 2. The number of hydrogen-bond donors (Lipinski definition) is 0. The molecule has 0 heterocycles. The number of methoxy groups -OCH3 is 4. The molecule has 640 valence electrons. The Morgan fingerprint density at radius 2 is 0.775 bits per heavy atom. The van der Waals surface area contributed by atoms with Gasteiger partial charge in [-0.2, -0.15) is 13.2 Å².